The van der Waals surface area contributed by atoms with Crippen molar-refractivity contribution in [1.29, 1.82) is 0 Å². The van der Waals surface area contributed by atoms with Crippen LogP contribution in [0.15, 0.2) is 42.5 Å². The molecule has 0 amide bonds. The van der Waals surface area contributed by atoms with Gasteiger partial charge in [0.25, 0.3) is 0 Å². The minimum atomic E-state index is -1.02. The molecule has 0 saturated carbocycles. The van der Waals surface area contributed by atoms with Gasteiger partial charge in [0.2, 0.25) is 0 Å². The number of nitrogens with two attached hydrogens (primary N) is 1. The van der Waals surface area contributed by atoms with Crippen molar-refractivity contribution in [3.05, 3.63) is 53.6 Å². The van der Waals surface area contributed by atoms with E-state index in [1.165, 1.54) is 24.3 Å². The van der Waals surface area contributed by atoms with E-state index in [0.717, 1.165) is 0 Å². The summed E-state index contributed by atoms with van der Waals surface area (Å²) in [7, 11) is 0. The van der Waals surface area contributed by atoms with Crippen molar-refractivity contribution < 1.29 is 15.3 Å². The zero-order chi connectivity index (χ0) is 12.4. The number of hydrogen-bond donors (Lipinski definition) is 4. The fourth-order valence-corrected chi connectivity index (χ4v) is 1.70. The van der Waals surface area contributed by atoms with Gasteiger partial charge in [-0.3, -0.25) is 0 Å². The minimum absolute atomic E-state index is 0.00692. The van der Waals surface area contributed by atoms with Crippen molar-refractivity contribution in [3.63, 3.8) is 0 Å². The molecule has 0 bridgehead atoms. The van der Waals surface area contributed by atoms with Crippen LogP contribution in [0.4, 0.5) is 5.69 Å². The third-order valence-corrected chi connectivity index (χ3v) is 2.60. The first-order valence-electron chi connectivity index (χ1n) is 5.14. The predicted molar refractivity (Wildman–Crippen MR) is 64.7 cm³/mol. The van der Waals surface area contributed by atoms with Crippen molar-refractivity contribution in [2.24, 2.45) is 0 Å². The van der Waals surface area contributed by atoms with Crippen LogP contribution in [0.1, 0.15) is 17.2 Å². The van der Waals surface area contributed by atoms with Crippen molar-refractivity contribution in [1.82, 2.24) is 0 Å². The number of rotatable bonds is 2. The van der Waals surface area contributed by atoms with E-state index in [9.17, 15) is 15.3 Å². The lowest BCUT2D eigenvalue weighted by Gasteiger charge is -2.15. The number of phenolic OH excluding ortho intramolecular Hbond substituents is 2. The third-order valence-electron chi connectivity index (χ3n) is 2.60. The average Bonchev–Trinajstić information content (AvgIpc) is 2.29. The molecule has 88 valence electrons. The molecule has 5 N–H and O–H groups in total. The summed E-state index contributed by atoms with van der Waals surface area (Å²) in [6.45, 7) is 0. The van der Waals surface area contributed by atoms with E-state index in [0.29, 0.717) is 11.1 Å². The van der Waals surface area contributed by atoms with Crippen LogP contribution in [0, 0.1) is 0 Å². The molecule has 0 radical (unpaired) electrons. The van der Waals surface area contributed by atoms with Crippen LogP contribution in [0.2, 0.25) is 0 Å². The van der Waals surface area contributed by atoms with Crippen LogP contribution in [-0.4, -0.2) is 15.3 Å². The molecule has 0 heterocycles. The summed E-state index contributed by atoms with van der Waals surface area (Å²) in [5, 5.41) is 29.0. The van der Waals surface area contributed by atoms with Crippen molar-refractivity contribution in [2.45, 2.75) is 6.10 Å². The van der Waals surface area contributed by atoms with Crippen LogP contribution in [-0.2, 0) is 0 Å². The van der Waals surface area contributed by atoms with E-state index < -0.39 is 6.10 Å². The van der Waals surface area contributed by atoms with Crippen LogP contribution >= 0.6 is 0 Å². The summed E-state index contributed by atoms with van der Waals surface area (Å²) in [4.78, 5) is 0. The number of nitrogen functional groups attached to an aromatic ring is 1. The lowest BCUT2D eigenvalue weighted by atomic mass is 9.99. The highest BCUT2D eigenvalue weighted by Gasteiger charge is 2.16. The maximum atomic E-state index is 10.1. The van der Waals surface area contributed by atoms with Gasteiger partial charge in [0.1, 0.15) is 17.6 Å². The second-order valence-corrected chi connectivity index (χ2v) is 3.77. The number of hydrogen-bond acceptors (Lipinski definition) is 4. The van der Waals surface area contributed by atoms with E-state index in [4.69, 9.17) is 5.73 Å². The molecule has 0 aromatic heterocycles. The summed E-state index contributed by atoms with van der Waals surface area (Å²) < 4.78 is 0. The van der Waals surface area contributed by atoms with Gasteiger partial charge in [-0.2, -0.15) is 0 Å². The van der Waals surface area contributed by atoms with Gasteiger partial charge in [-0.15, -0.1) is 0 Å². The second-order valence-electron chi connectivity index (χ2n) is 3.77. The van der Waals surface area contributed by atoms with Gasteiger partial charge in [0.15, 0.2) is 0 Å². The molecular weight excluding hydrogens is 218 g/mol. The molecule has 2 aromatic carbocycles. The highest BCUT2D eigenvalue weighted by Crippen LogP contribution is 2.33. The Kier molecular flexibility index (Phi) is 2.89. The Balaban J connectivity index is 2.44. The normalized spacial score (nSPS) is 12.3. The second kappa shape index (κ2) is 4.35. The molecular formula is C13H13NO3. The summed E-state index contributed by atoms with van der Waals surface area (Å²) in [5.41, 5.74) is 6.81. The first-order valence-corrected chi connectivity index (χ1v) is 5.14. The first kappa shape index (κ1) is 11.3. The van der Waals surface area contributed by atoms with Gasteiger partial charge in [-0.05, 0) is 12.1 Å². The molecule has 0 aliphatic carbocycles. The Morgan fingerprint density at radius 2 is 1.65 bits per heavy atom. The number of benzene rings is 2. The van der Waals surface area contributed by atoms with Gasteiger partial charge >= 0.3 is 0 Å². The van der Waals surface area contributed by atoms with E-state index in [1.807, 2.05) is 0 Å². The maximum Gasteiger partial charge on any atom is 0.121 e. The highest BCUT2D eigenvalue weighted by molar-refractivity contribution is 5.55. The largest absolute Gasteiger partial charge is 0.508 e. The Bertz CT molecular complexity index is 540. The molecule has 1 unspecified atom stereocenters. The summed E-state index contributed by atoms with van der Waals surface area (Å²) >= 11 is 0. The van der Waals surface area contributed by atoms with E-state index >= 15 is 0 Å². The van der Waals surface area contributed by atoms with Gasteiger partial charge in [-0.25, -0.2) is 0 Å². The Morgan fingerprint density at radius 1 is 0.941 bits per heavy atom. The molecule has 4 heteroatoms. The average molecular weight is 231 g/mol. The van der Waals surface area contributed by atoms with Crippen molar-refractivity contribution >= 4 is 5.69 Å². The number of aliphatic hydroxyl groups is 1. The van der Waals surface area contributed by atoms with Crippen molar-refractivity contribution in [2.75, 3.05) is 5.73 Å². The van der Waals surface area contributed by atoms with Crippen LogP contribution in [0.5, 0.6) is 11.5 Å². The fourth-order valence-electron chi connectivity index (χ4n) is 1.70. The van der Waals surface area contributed by atoms with Gasteiger partial charge in [0, 0.05) is 22.9 Å². The van der Waals surface area contributed by atoms with E-state index in [2.05, 4.69) is 0 Å². The fraction of sp³-hybridized carbons (Fsp3) is 0.0769. The Morgan fingerprint density at radius 3 is 2.29 bits per heavy atom. The van der Waals surface area contributed by atoms with Crippen LogP contribution < -0.4 is 5.73 Å². The summed E-state index contributed by atoms with van der Waals surface area (Å²) in [6, 6.07) is 10.8. The zero-order valence-electron chi connectivity index (χ0n) is 9.04. The van der Waals surface area contributed by atoms with E-state index in [-0.39, 0.29) is 17.2 Å². The summed E-state index contributed by atoms with van der Waals surface area (Å²) in [5.74, 6) is 0.0446. The first-order chi connectivity index (χ1) is 8.09. The number of aliphatic hydroxyl groups excluding tert-OH is 1. The molecule has 17 heavy (non-hydrogen) atoms. The van der Waals surface area contributed by atoms with Gasteiger partial charge < -0.3 is 21.1 Å². The molecule has 0 aliphatic rings. The van der Waals surface area contributed by atoms with Gasteiger partial charge in [0.05, 0.1) is 0 Å². The smallest absolute Gasteiger partial charge is 0.121 e. The number of anilines is 1. The monoisotopic (exact) mass is 231 g/mol. The third kappa shape index (κ3) is 2.16. The topological polar surface area (TPSA) is 86.7 Å². The molecule has 0 aliphatic heterocycles. The Labute approximate surface area is 98.6 Å². The molecule has 2 aromatic rings. The lowest BCUT2D eigenvalue weighted by Crippen LogP contribution is -2.03. The van der Waals surface area contributed by atoms with Gasteiger partial charge in [-0.1, -0.05) is 24.3 Å². The Hall–Kier alpha value is -2.20. The molecule has 4 nitrogen and oxygen atoms in total. The van der Waals surface area contributed by atoms with Crippen molar-refractivity contribution in [3.8, 4) is 11.5 Å². The SMILES string of the molecule is Nc1cc(O)ccc1C(O)c1ccccc1O. The maximum absolute atomic E-state index is 10.1. The highest BCUT2D eigenvalue weighted by atomic mass is 16.3. The van der Waals surface area contributed by atoms with E-state index in [1.54, 1.807) is 18.2 Å². The standard InChI is InChI=1S/C13H13NO3/c14-11-7-8(15)5-6-9(11)13(17)10-3-1-2-4-12(10)16/h1-7,13,15-17H,14H2. The predicted octanol–water partition coefficient (Wildman–Crippen LogP) is 1.76. The molecule has 1 atom stereocenters. The lowest BCUT2D eigenvalue weighted by molar-refractivity contribution is 0.216. The number of phenols is 2. The zero-order valence-corrected chi connectivity index (χ0v) is 9.04. The minimum Gasteiger partial charge on any atom is -0.508 e. The number of para-hydroxylation sites is 1. The summed E-state index contributed by atoms with van der Waals surface area (Å²) in [6.07, 6.45) is -1.02. The molecule has 0 spiro atoms. The molecule has 0 fully saturated rings. The molecule has 0 saturated heterocycles. The number of aromatic hydroxyl groups is 2. The quantitative estimate of drug-likeness (QED) is 0.593. The van der Waals surface area contributed by atoms with Crippen LogP contribution in [0.25, 0.3) is 0 Å². The van der Waals surface area contributed by atoms with Crippen LogP contribution in [0.3, 0.4) is 0 Å². The molecule has 2 rings (SSSR count).